The Labute approximate surface area is 124 Å². The number of benzene rings is 1. The number of aryl methyl sites for hydroxylation is 1. The van der Waals surface area contributed by atoms with Gasteiger partial charge in [-0.25, -0.2) is 4.79 Å². The zero-order valence-corrected chi connectivity index (χ0v) is 12.5. The van der Waals surface area contributed by atoms with Gasteiger partial charge in [0.2, 0.25) is 0 Å². The first-order valence-corrected chi connectivity index (χ1v) is 6.76. The van der Waals surface area contributed by atoms with Gasteiger partial charge in [-0.2, -0.15) is 0 Å². The number of amides is 1. The third kappa shape index (κ3) is 5.28. The molecule has 0 spiro atoms. The highest BCUT2D eigenvalue weighted by Crippen LogP contribution is 2.09. The lowest BCUT2D eigenvalue weighted by atomic mass is 10.1. The summed E-state index contributed by atoms with van der Waals surface area (Å²) in [6, 6.07) is 4.58. The van der Waals surface area contributed by atoms with Crippen LogP contribution in [0.2, 0.25) is 0 Å². The van der Waals surface area contributed by atoms with Gasteiger partial charge in [-0.05, 0) is 44.5 Å². The minimum Gasteiger partial charge on any atom is -0.464 e. The molecule has 1 atom stereocenters. The second kappa shape index (κ2) is 8.08. The van der Waals surface area contributed by atoms with Crippen molar-refractivity contribution >= 4 is 11.9 Å². The van der Waals surface area contributed by atoms with E-state index in [-0.39, 0.29) is 19.1 Å². The maximum absolute atomic E-state index is 12.2. The van der Waals surface area contributed by atoms with Crippen molar-refractivity contribution in [3.8, 4) is 11.8 Å². The number of carbonyl (C=O) groups is 2. The summed E-state index contributed by atoms with van der Waals surface area (Å²) < 4.78 is 4.85. The molecule has 1 amide bonds. The van der Waals surface area contributed by atoms with Crippen LogP contribution in [0.3, 0.4) is 0 Å². The molecule has 0 saturated heterocycles. The molecule has 1 aromatic carbocycles. The summed E-state index contributed by atoms with van der Waals surface area (Å²) in [6.07, 6.45) is 0. The van der Waals surface area contributed by atoms with Crippen LogP contribution in [-0.2, 0) is 9.53 Å². The average molecular weight is 288 g/mol. The second-order valence-corrected chi connectivity index (χ2v) is 4.54. The molecule has 0 aliphatic heterocycles. The molecular weight excluding hydrogens is 268 g/mol. The monoisotopic (exact) mass is 288 g/mol. The van der Waals surface area contributed by atoms with Gasteiger partial charge in [-0.15, -0.1) is 0 Å². The molecule has 3 N–H and O–H groups in total. The molecule has 0 aliphatic rings. The van der Waals surface area contributed by atoms with Gasteiger partial charge < -0.3 is 15.8 Å². The molecule has 0 saturated carbocycles. The zero-order valence-electron chi connectivity index (χ0n) is 12.5. The van der Waals surface area contributed by atoms with Gasteiger partial charge in [-0.3, -0.25) is 4.79 Å². The van der Waals surface area contributed by atoms with E-state index < -0.39 is 12.0 Å². The quantitative estimate of drug-likeness (QED) is 0.639. The van der Waals surface area contributed by atoms with Crippen LogP contribution >= 0.6 is 0 Å². The lowest BCUT2D eigenvalue weighted by molar-refractivity contribution is -0.144. The molecule has 0 radical (unpaired) electrons. The highest BCUT2D eigenvalue weighted by Gasteiger charge is 2.17. The standard InChI is InChI=1S/C16H20N2O3/c1-4-21-16(20)12(3)18-15(19)14-9-11(2)8-13(10-14)6-5-7-17/h8-10,12H,4,7,17H2,1-3H3,(H,18,19). The number of carbonyl (C=O) groups excluding carboxylic acids is 2. The molecule has 0 heterocycles. The van der Waals surface area contributed by atoms with Gasteiger partial charge in [0, 0.05) is 11.1 Å². The summed E-state index contributed by atoms with van der Waals surface area (Å²) in [5.74, 6) is 4.84. The van der Waals surface area contributed by atoms with Crippen LogP contribution in [-0.4, -0.2) is 31.1 Å². The number of hydrogen-bond donors (Lipinski definition) is 2. The van der Waals surface area contributed by atoms with E-state index in [0.29, 0.717) is 5.56 Å². The largest absolute Gasteiger partial charge is 0.464 e. The van der Waals surface area contributed by atoms with Crippen molar-refractivity contribution in [1.29, 1.82) is 0 Å². The Morgan fingerprint density at radius 3 is 2.71 bits per heavy atom. The predicted octanol–water partition coefficient (Wildman–Crippen LogP) is 0.987. The summed E-state index contributed by atoms with van der Waals surface area (Å²) >= 11 is 0. The topological polar surface area (TPSA) is 81.4 Å². The molecule has 1 unspecified atom stereocenters. The fourth-order valence-electron chi connectivity index (χ4n) is 1.75. The number of esters is 1. The molecule has 5 nitrogen and oxygen atoms in total. The molecule has 1 rings (SSSR count). The van der Waals surface area contributed by atoms with Crippen LogP contribution < -0.4 is 11.1 Å². The highest BCUT2D eigenvalue weighted by atomic mass is 16.5. The van der Waals surface area contributed by atoms with Crippen molar-refractivity contribution in [1.82, 2.24) is 5.32 Å². The van der Waals surface area contributed by atoms with Gasteiger partial charge in [0.1, 0.15) is 6.04 Å². The van der Waals surface area contributed by atoms with Gasteiger partial charge in [0.15, 0.2) is 0 Å². The molecule has 0 aliphatic carbocycles. The summed E-state index contributed by atoms with van der Waals surface area (Å²) in [6.45, 7) is 5.72. The van der Waals surface area contributed by atoms with Crippen LogP contribution in [0.1, 0.15) is 35.3 Å². The minimum absolute atomic E-state index is 0.259. The lowest BCUT2D eigenvalue weighted by Gasteiger charge is -2.13. The Morgan fingerprint density at radius 1 is 1.38 bits per heavy atom. The first-order valence-electron chi connectivity index (χ1n) is 6.76. The Bertz CT molecular complexity index is 585. The molecule has 21 heavy (non-hydrogen) atoms. The number of nitrogens with one attached hydrogen (secondary N) is 1. The van der Waals surface area contributed by atoms with Crippen LogP contribution in [0.15, 0.2) is 18.2 Å². The first-order chi connectivity index (χ1) is 9.97. The van der Waals surface area contributed by atoms with Gasteiger partial charge in [0.05, 0.1) is 13.2 Å². The van der Waals surface area contributed by atoms with E-state index in [1.165, 1.54) is 0 Å². The van der Waals surface area contributed by atoms with Gasteiger partial charge >= 0.3 is 5.97 Å². The van der Waals surface area contributed by atoms with Crippen molar-refractivity contribution in [2.75, 3.05) is 13.2 Å². The average Bonchev–Trinajstić information content (AvgIpc) is 2.44. The first kappa shape index (κ1) is 16.7. The van der Waals surface area contributed by atoms with Gasteiger partial charge in [0.25, 0.3) is 5.91 Å². The van der Waals surface area contributed by atoms with E-state index in [0.717, 1.165) is 11.1 Å². The number of nitrogens with two attached hydrogens (primary N) is 1. The second-order valence-electron chi connectivity index (χ2n) is 4.54. The highest BCUT2D eigenvalue weighted by molar-refractivity contribution is 5.97. The van der Waals surface area contributed by atoms with Crippen molar-refractivity contribution in [3.63, 3.8) is 0 Å². The molecule has 0 bridgehead atoms. The predicted molar refractivity (Wildman–Crippen MR) is 80.7 cm³/mol. The summed E-state index contributed by atoms with van der Waals surface area (Å²) in [7, 11) is 0. The molecule has 1 aromatic rings. The summed E-state index contributed by atoms with van der Waals surface area (Å²) in [5, 5.41) is 2.60. The van der Waals surface area contributed by atoms with Crippen LogP contribution in [0.5, 0.6) is 0 Å². The normalized spacial score (nSPS) is 11.0. The third-order valence-corrected chi connectivity index (χ3v) is 2.66. The Balaban J connectivity index is 2.87. The van der Waals surface area contributed by atoms with E-state index in [4.69, 9.17) is 10.5 Å². The lowest BCUT2D eigenvalue weighted by Crippen LogP contribution is -2.39. The number of hydrogen-bond acceptors (Lipinski definition) is 4. The summed E-state index contributed by atoms with van der Waals surface area (Å²) in [5.41, 5.74) is 7.41. The fourth-order valence-corrected chi connectivity index (χ4v) is 1.75. The van der Waals surface area contributed by atoms with E-state index in [2.05, 4.69) is 17.2 Å². The maximum Gasteiger partial charge on any atom is 0.328 e. The van der Waals surface area contributed by atoms with E-state index in [9.17, 15) is 9.59 Å². The van der Waals surface area contributed by atoms with E-state index >= 15 is 0 Å². The smallest absolute Gasteiger partial charge is 0.328 e. The van der Waals surface area contributed by atoms with Crippen molar-refractivity contribution in [3.05, 3.63) is 34.9 Å². The molecule has 0 fully saturated rings. The minimum atomic E-state index is -0.698. The molecule has 5 heteroatoms. The Kier molecular flexibility index (Phi) is 6.44. The number of ether oxygens (including phenoxy) is 1. The SMILES string of the molecule is CCOC(=O)C(C)NC(=O)c1cc(C)cc(C#CCN)c1. The van der Waals surface area contributed by atoms with Crippen molar-refractivity contribution < 1.29 is 14.3 Å². The van der Waals surface area contributed by atoms with Crippen LogP contribution in [0, 0.1) is 18.8 Å². The van der Waals surface area contributed by atoms with Crippen LogP contribution in [0.25, 0.3) is 0 Å². The Morgan fingerprint density at radius 2 is 2.10 bits per heavy atom. The number of rotatable bonds is 4. The molecule has 112 valence electrons. The third-order valence-electron chi connectivity index (χ3n) is 2.66. The maximum atomic E-state index is 12.2. The fraction of sp³-hybridized carbons (Fsp3) is 0.375. The van der Waals surface area contributed by atoms with E-state index in [1.54, 1.807) is 26.0 Å². The van der Waals surface area contributed by atoms with Crippen LogP contribution in [0.4, 0.5) is 0 Å². The molecule has 0 aromatic heterocycles. The van der Waals surface area contributed by atoms with Gasteiger partial charge in [-0.1, -0.05) is 11.8 Å². The van der Waals surface area contributed by atoms with Crippen molar-refractivity contribution in [2.45, 2.75) is 26.8 Å². The Hall–Kier alpha value is -2.32. The summed E-state index contributed by atoms with van der Waals surface area (Å²) in [4.78, 5) is 23.7. The van der Waals surface area contributed by atoms with E-state index in [1.807, 2.05) is 13.0 Å². The van der Waals surface area contributed by atoms with Crippen molar-refractivity contribution in [2.24, 2.45) is 5.73 Å². The molecular formula is C16H20N2O3. The zero-order chi connectivity index (χ0) is 15.8.